The van der Waals surface area contributed by atoms with Gasteiger partial charge in [-0.25, -0.2) is 0 Å². The summed E-state index contributed by atoms with van der Waals surface area (Å²) >= 11 is 4.86. The van der Waals surface area contributed by atoms with Crippen molar-refractivity contribution in [2.24, 2.45) is 0 Å². The van der Waals surface area contributed by atoms with Gasteiger partial charge in [-0.15, -0.1) is 0 Å². The fourth-order valence-corrected chi connectivity index (χ4v) is 2.02. The number of amides is 2. The second kappa shape index (κ2) is 12.0. The van der Waals surface area contributed by atoms with Gasteiger partial charge in [0.25, 0.3) is 0 Å². The van der Waals surface area contributed by atoms with Gasteiger partial charge in [-0.1, -0.05) is 37.3 Å². The average molecular weight is 365 g/mol. The molecule has 0 spiro atoms. The first kappa shape index (κ1) is 20.6. The number of esters is 1. The van der Waals surface area contributed by atoms with Crippen LogP contribution in [-0.2, 0) is 25.5 Å². The number of thiocarbonyl (C=S) groups is 1. The normalized spacial score (nSPS) is 9.80. The average Bonchev–Trinajstić information content (AvgIpc) is 2.59. The summed E-state index contributed by atoms with van der Waals surface area (Å²) in [5, 5.41) is 2.35. The molecule has 0 atom stereocenters. The fraction of sp³-hybridized carbons (Fsp3) is 0.412. The molecule has 0 unspecified atom stereocenters. The molecule has 0 aliphatic heterocycles. The maximum Gasteiger partial charge on any atom is 0.306 e. The van der Waals surface area contributed by atoms with E-state index >= 15 is 0 Å². The van der Waals surface area contributed by atoms with Gasteiger partial charge in [0.2, 0.25) is 11.8 Å². The lowest BCUT2D eigenvalue weighted by molar-refractivity contribution is -0.144. The number of rotatable bonds is 8. The van der Waals surface area contributed by atoms with Crippen LogP contribution in [0.1, 0.15) is 38.2 Å². The minimum Gasteiger partial charge on any atom is -0.465 e. The minimum atomic E-state index is -0.443. The summed E-state index contributed by atoms with van der Waals surface area (Å²) in [6, 6.07) is 9.66. The van der Waals surface area contributed by atoms with Crippen LogP contribution in [0.15, 0.2) is 30.3 Å². The van der Waals surface area contributed by atoms with E-state index in [0.29, 0.717) is 19.3 Å². The molecule has 0 fully saturated rings. The van der Waals surface area contributed by atoms with Crippen LogP contribution in [0.25, 0.3) is 0 Å². The van der Waals surface area contributed by atoms with Crippen LogP contribution in [0, 0.1) is 0 Å². The molecule has 0 saturated heterocycles. The highest BCUT2D eigenvalue weighted by molar-refractivity contribution is 7.80. The number of hydrazine groups is 1. The van der Waals surface area contributed by atoms with Crippen molar-refractivity contribution in [3.05, 3.63) is 35.9 Å². The molecule has 0 saturated carbocycles. The lowest BCUT2D eigenvalue weighted by Crippen LogP contribution is -2.48. The first-order valence-corrected chi connectivity index (χ1v) is 8.50. The third kappa shape index (κ3) is 10.1. The summed E-state index contributed by atoms with van der Waals surface area (Å²) in [4.78, 5) is 34.5. The molecule has 8 heteroatoms. The highest BCUT2D eigenvalue weighted by Crippen LogP contribution is 2.01. The van der Waals surface area contributed by atoms with Crippen LogP contribution in [0.4, 0.5) is 0 Å². The molecule has 0 aromatic heterocycles. The van der Waals surface area contributed by atoms with Crippen molar-refractivity contribution in [1.82, 2.24) is 16.2 Å². The van der Waals surface area contributed by atoms with Crippen LogP contribution < -0.4 is 16.2 Å². The summed E-state index contributed by atoms with van der Waals surface area (Å²) in [6.45, 7) is 2.15. The molecule has 0 heterocycles. The Bertz CT molecular complexity index is 593. The van der Waals surface area contributed by atoms with E-state index in [1.54, 1.807) is 0 Å². The van der Waals surface area contributed by atoms with E-state index in [2.05, 4.69) is 16.2 Å². The monoisotopic (exact) mass is 365 g/mol. The summed E-state index contributed by atoms with van der Waals surface area (Å²) in [5.74, 6) is -1.09. The van der Waals surface area contributed by atoms with Gasteiger partial charge >= 0.3 is 5.97 Å². The second-order valence-corrected chi connectivity index (χ2v) is 5.66. The predicted octanol–water partition coefficient (Wildman–Crippen LogP) is 1.37. The number of carbonyl (C=O) groups excluding carboxylic acids is 3. The SMILES string of the molecule is CCCC(=O)NNC(=S)NC(=O)CCC(=O)OCCc1ccccc1. The highest BCUT2D eigenvalue weighted by Gasteiger charge is 2.10. The van der Waals surface area contributed by atoms with Gasteiger partial charge in [-0.3, -0.25) is 25.2 Å². The second-order valence-electron chi connectivity index (χ2n) is 5.26. The van der Waals surface area contributed by atoms with Gasteiger partial charge in [-0.2, -0.15) is 0 Å². The van der Waals surface area contributed by atoms with Crippen LogP contribution in [-0.4, -0.2) is 29.5 Å². The standard InChI is InChI=1S/C17H23N3O4S/c1-2-6-15(22)19-20-17(25)18-14(21)9-10-16(23)24-12-11-13-7-4-3-5-8-13/h3-5,7-8H,2,6,9-12H2,1H3,(H,19,22)(H2,18,20,21,25). The van der Waals surface area contributed by atoms with Crippen molar-refractivity contribution in [1.29, 1.82) is 0 Å². The van der Waals surface area contributed by atoms with E-state index in [0.717, 1.165) is 5.56 Å². The van der Waals surface area contributed by atoms with Crippen molar-refractivity contribution >= 4 is 35.1 Å². The van der Waals surface area contributed by atoms with Gasteiger partial charge in [0.1, 0.15) is 0 Å². The maximum absolute atomic E-state index is 11.7. The molecule has 7 nitrogen and oxygen atoms in total. The van der Waals surface area contributed by atoms with E-state index in [1.807, 2.05) is 37.3 Å². The molecule has 3 N–H and O–H groups in total. The van der Waals surface area contributed by atoms with Crippen molar-refractivity contribution in [2.75, 3.05) is 6.61 Å². The predicted molar refractivity (Wildman–Crippen MR) is 97.3 cm³/mol. The first-order valence-electron chi connectivity index (χ1n) is 8.09. The highest BCUT2D eigenvalue weighted by atomic mass is 32.1. The number of nitrogens with one attached hydrogen (secondary N) is 3. The Balaban J connectivity index is 2.12. The molecule has 1 aromatic rings. The van der Waals surface area contributed by atoms with E-state index in [-0.39, 0.29) is 30.5 Å². The van der Waals surface area contributed by atoms with E-state index < -0.39 is 11.9 Å². The largest absolute Gasteiger partial charge is 0.465 e. The smallest absolute Gasteiger partial charge is 0.306 e. The molecule has 0 bridgehead atoms. The number of hydrogen-bond acceptors (Lipinski definition) is 5. The van der Waals surface area contributed by atoms with Crippen molar-refractivity contribution in [3.63, 3.8) is 0 Å². The molecule has 1 aromatic carbocycles. The van der Waals surface area contributed by atoms with Gasteiger partial charge in [0.15, 0.2) is 5.11 Å². The number of ether oxygens (including phenoxy) is 1. The lowest BCUT2D eigenvalue weighted by Gasteiger charge is -2.10. The Morgan fingerprint density at radius 3 is 2.40 bits per heavy atom. The van der Waals surface area contributed by atoms with E-state index in [9.17, 15) is 14.4 Å². The number of carbonyl (C=O) groups is 3. The Morgan fingerprint density at radius 2 is 1.72 bits per heavy atom. The maximum atomic E-state index is 11.7. The molecule has 0 aliphatic carbocycles. The van der Waals surface area contributed by atoms with Crippen LogP contribution in [0.3, 0.4) is 0 Å². The molecule has 136 valence electrons. The Kier molecular flexibility index (Phi) is 9.84. The summed E-state index contributed by atoms with van der Waals surface area (Å²) < 4.78 is 5.08. The Hall–Kier alpha value is -2.48. The minimum absolute atomic E-state index is 0.0214. The topological polar surface area (TPSA) is 96.5 Å². The zero-order valence-corrected chi connectivity index (χ0v) is 15.0. The van der Waals surface area contributed by atoms with Gasteiger partial charge in [-0.05, 0) is 24.2 Å². The quantitative estimate of drug-likeness (QED) is 0.366. The number of hydrogen-bond donors (Lipinski definition) is 3. The molecule has 25 heavy (non-hydrogen) atoms. The van der Waals surface area contributed by atoms with Crippen molar-refractivity contribution < 1.29 is 19.1 Å². The lowest BCUT2D eigenvalue weighted by atomic mass is 10.2. The summed E-state index contributed by atoms with van der Waals surface area (Å²) in [6.07, 6.45) is 1.61. The zero-order chi connectivity index (χ0) is 18.5. The zero-order valence-electron chi connectivity index (χ0n) is 14.2. The first-order chi connectivity index (χ1) is 12.0. The molecule has 0 radical (unpaired) electrons. The molecular weight excluding hydrogens is 342 g/mol. The van der Waals surface area contributed by atoms with E-state index in [1.165, 1.54) is 0 Å². The summed E-state index contributed by atoms with van der Waals surface area (Å²) in [7, 11) is 0. The van der Waals surface area contributed by atoms with Gasteiger partial charge in [0, 0.05) is 19.3 Å². The molecule has 0 aliphatic rings. The third-order valence-electron chi connectivity index (χ3n) is 3.10. The Morgan fingerprint density at radius 1 is 1.00 bits per heavy atom. The Labute approximate surface area is 152 Å². The van der Waals surface area contributed by atoms with E-state index in [4.69, 9.17) is 17.0 Å². The number of benzene rings is 1. The van der Waals surface area contributed by atoms with Crippen LogP contribution >= 0.6 is 12.2 Å². The van der Waals surface area contributed by atoms with Crippen molar-refractivity contribution in [2.45, 2.75) is 39.0 Å². The van der Waals surface area contributed by atoms with Gasteiger partial charge < -0.3 is 10.1 Å². The summed E-state index contributed by atoms with van der Waals surface area (Å²) in [5.41, 5.74) is 5.86. The molecular formula is C17H23N3O4S. The third-order valence-corrected chi connectivity index (χ3v) is 3.30. The molecule has 2 amide bonds. The fourth-order valence-electron chi connectivity index (χ4n) is 1.85. The van der Waals surface area contributed by atoms with Crippen LogP contribution in [0.5, 0.6) is 0 Å². The molecule has 1 rings (SSSR count). The van der Waals surface area contributed by atoms with Gasteiger partial charge in [0.05, 0.1) is 13.0 Å². The van der Waals surface area contributed by atoms with Crippen molar-refractivity contribution in [3.8, 4) is 0 Å². The van der Waals surface area contributed by atoms with Crippen LogP contribution in [0.2, 0.25) is 0 Å².